The SMILES string of the molecule is Cc1cc(C=NC2CCCC2)c(O)c(C23CC4CC(CC(C4)C2)C3)c1.[Cl][Zr][Cl]. The summed E-state index contributed by atoms with van der Waals surface area (Å²) in [6.45, 7) is 2.18. The molecule has 5 fully saturated rings. The number of hydrogen-bond acceptors (Lipinski definition) is 2. The third-order valence-electron chi connectivity index (χ3n) is 7.64. The molecule has 0 saturated heterocycles. The third-order valence-corrected chi connectivity index (χ3v) is 7.64. The Hall–Kier alpha value is 0.153. The van der Waals surface area contributed by atoms with Crippen LogP contribution < -0.4 is 0 Å². The summed E-state index contributed by atoms with van der Waals surface area (Å²) in [7, 11) is 9.87. The van der Waals surface area contributed by atoms with Crippen LogP contribution in [0.2, 0.25) is 0 Å². The van der Waals surface area contributed by atoms with Gasteiger partial charge in [0.15, 0.2) is 0 Å². The fourth-order valence-electron chi connectivity index (χ4n) is 6.99. The number of halogens is 2. The Balaban J connectivity index is 0.000000604. The molecule has 152 valence electrons. The Bertz CT molecular complexity index is 694. The van der Waals surface area contributed by atoms with Crippen LogP contribution in [0.15, 0.2) is 17.1 Å². The normalized spacial score (nSPS) is 33.9. The first-order valence-corrected chi connectivity index (χ1v) is 17.2. The van der Waals surface area contributed by atoms with Gasteiger partial charge in [0.2, 0.25) is 0 Å². The second-order valence-electron chi connectivity index (χ2n) is 9.74. The van der Waals surface area contributed by atoms with Gasteiger partial charge in [0.05, 0.1) is 0 Å². The molecule has 0 aromatic heterocycles. The molecule has 0 radical (unpaired) electrons. The Morgan fingerprint density at radius 2 is 1.57 bits per heavy atom. The average Bonchev–Trinajstić information content (AvgIpc) is 3.15. The van der Waals surface area contributed by atoms with Crippen LogP contribution >= 0.6 is 17.0 Å². The number of phenols is 1. The summed E-state index contributed by atoms with van der Waals surface area (Å²) in [5.41, 5.74) is 3.73. The van der Waals surface area contributed by atoms with Crippen molar-refractivity contribution in [3.63, 3.8) is 0 Å². The summed E-state index contributed by atoms with van der Waals surface area (Å²) in [5.74, 6) is 3.25. The van der Waals surface area contributed by atoms with Gasteiger partial charge in [0, 0.05) is 23.4 Å². The van der Waals surface area contributed by atoms with Crippen molar-refractivity contribution >= 4 is 23.2 Å². The topological polar surface area (TPSA) is 32.6 Å². The molecule has 1 N–H and O–H groups in total. The van der Waals surface area contributed by atoms with Crippen LogP contribution in [-0.2, 0) is 26.3 Å². The third kappa shape index (κ3) is 4.42. The molecule has 5 heteroatoms. The van der Waals surface area contributed by atoms with Gasteiger partial charge in [-0.2, -0.15) is 0 Å². The number of hydrogen-bond donors (Lipinski definition) is 1. The second-order valence-corrected chi connectivity index (χ2v) is 13.5. The van der Waals surface area contributed by atoms with Crippen molar-refractivity contribution in [1.29, 1.82) is 0 Å². The molecule has 0 atom stereocenters. The summed E-state index contributed by atoms with van der Waals surface area (Å²) in [5, 5.41) is 11.2. The maximum absolute atomic E-state index is 11.2. The molecule has 2 nitrogen and oxygen atoms in total. The molecule has 4 bridgehead atoms. The van der Waals surface area contributed by atoms with Gasteiger partial charge in [-0.05, 0) is 93.1 Å². The maximum atomic E-state index is 11.2. The van der Waals surface area contributed by atoms with Gasteiger partial charge in [-0.25, -0.2) is 0 Å². The van der Waals surface area contributed by atoms with Gasteiger partial charge in [-0.15, -0.1) is 0 Å². The quantitative estimate of drug-likeness (QED) is 0.451. The zero-order valence-corrected chi connectivity index (χ0v) is 20.7. The monoisotopic (exact) mass is 497 g/mol. The van der Waals surface area contributed by atoms with Crippen molar-refractivity contribution in [1.82, 2.24) is 0 Å². The number of aromatic hydroxyl groups is 1. The van der Waals surface area contributed by atoms with Crippen molar-refractivity contribution in [2.45, 2.75) is 82.6 Å². The Labute approximate surface area is 188 Å². The molecule has 5 aliphatic carbocycles. The van der Waals surface area contributed by atoms with Gasteiger partial charge in [0.1, 0.15) is 5.75 Å². The number of aliphatic imine (C=N–C) groups is 1. The molecule has 1 aromatic carbocycles. The van der Waals surface area contributed by atoms with E-state index in [9.17, 15) is 5.11 Å². The predicted octanol–water partition coefficient (Wildman–Crippen LogP) is 6.91. The second kappa shape index (κ2) is 9.11. The molecule has 0 aliphatic heterocycles. The van der Waals surface area contributed by atoms with E-state index in [1.165, 1.54) is 75.3 Å². The van der Waals surface area contributed by atoms with E-state index in [2.05, 4.69) is 19.1 Å². The van der Waals surface area contributed by atoms with Crippen LogP contribution in [0.1, 0.15) is 80.9 Å². The predicted molar refractivity (Wildman–Crippen MR) is 114 cm³/mol. The summed E-state index contributed by atoms with van der Waals surface area (Å²) in [6.07, 6.45) is 15.3. The minimum atomic E-state index is -0.826. The first kappa shape index (κ1) is 21.4. The molecule has 28 heavy (non-hydrogen) atoms. The molecule has 5 saturated carbocycles. The minimum absolute atomic E-state index is 0.251. The average molecular weight is 500 g/mol. The zero-order chi connectivity index (χ0) is 19.7. The first-order chi connectivity index (χ1) is 13.5. The summed E-state index contributed by atoms with van der Waals surface area (Å²) >= 11 is -0.826. The summed E-state index contributed by atoms with van der Waals surface area (Å²) in [4.78, 5) is 4.80. The van der Waals surface area contributed by atoms with Gasteiger partial charge >= 0.3 is 37.9 Å². The van der Waals surface area contributed by atoms with Gasteiger partial charge in [-0.1, -0.05) is 18.9 Å². The van der Waals surface area contributed by atoms with Crippen LogP contribution in [0.3, 0.4) is 0 Å². The van der Waals surface area contributed by atoms with Crippen molar-refractivity contribution in [3.8, 4) is 5.75 Å². The van der Waals surface area contributed by atoms with Gasteiger partial charge < -0.3 is 5.11 Å². The van der Waals surface area contributed by atoms with E-state index in [4.69, 9.17) is 22.0 Å². The molecule has 0 heterocycles. The Morgan fingerprint density at radius 1 is 1.04 bits per heavy atom. The van der Waals surface area contributed by atoms with Crippen LogP contribution in [0.25, 0.3) is 0 Å². The van der Waals surface area contributed by atoms with E-state index in [1.807, 2.05) is 6.21 Å². The van der Waals surface area contributed by atoms with E-state index in [1.54, 1.807) is 0 Å². The Kier molecular flexibility index (Phi) is 6.96. The fraction of sp³-hybridized carbons (Fsp3) is 0.696. The van der Waals surface area contributed by atoms with E-state index in [0.717, 1.165) is 23.3 Å². The zero-order valence-electron chi connectivity index (χ0n) is 16.8. The fourth-order valence-corrected chi connectivity index (χ4v) is 6.99. The van der Waals surface area contributed by atoms with Crippen molar-refractivity contribution in [2.24, 2.45) is 22.7 Å². The molecule has 1 aromatic rings. The number of rotatable bonds is 3. The van der Waals surface area contributed by atoms with Crippen molar-refractivity contribution in [3.05, 3.63) is 28.8 Å². The number of aryl methyl sites for hydroxylation is 1. The molecule has 0 amide bonds. The Morgan fingerprint density at radius 3 is 2.11 bits per heavy atom. The molecule has 5 aliphatic rings. The van der Waals surface area contributed by atoms with Gasteiger partial charge in [0.25, 0.3) is 0 Å². The summed E-state index contributed by atoms with van der Waals surface area (Å²) < 4.78 is 0. The van der Waals surface area contributed by atoms with E-state index in [-0.39, 0.29) is 5.41 Å². The van der Waals surface area contributed by atoms with Crippen LogP contribution in [0.4, 0.5) is 0 Å². The molecule has 0 unspecified atom stereocenters. The van der Waals surface area contributed by atoms with Crippen LogP contribution in [-0.4, -0.2) is 17.4 Å². The molecule has 6 rings (SSSR count). The van der Waals surface area contributed by atoms with Crippen LogP contribution in [0, 0.1) is 24.7 Å². The molecule has 0 spiro atoms. The molecular formula is C23H31Cl2NOZr. The standard InChI is InChI=1S/C23H31NO.2ClH.Zr/c1-15-6-19(14-24-20-4-2-3-5-20)22(25)21(7-15)23-11-16-8-17(12-23)10-18(9-16)13-23;;;/h6-7,14,16-18,20,25H,2-5,8-13H2,1H3;2*1H;/q;;;+2/p-2. The van der Waals surface area contributed by atoms with E-state index >= 15 is 0 Å². The van der Waals surface area contributed by atoms with Crippen LogP contribution in [0.5, 0.6) is 5.75 Å². The van der Waals surface area contributed by atoms with Crippen molar-refractivity contribution < 1.29 is 26.0 Å². The number of phenolic OH excluding ortho intramolecular Hbond substituents is 1. The molecular weight excluding hydrogens is 468 g/mol. The van der Waals surface area contributed by atoms with E-state index < -0.39 is 20.8 Å². The van der Waals surface area contributed by atoms with E-state index in [0.29, 0.717) is 11.8 Å². The number of nitrogens with zero attached hydrogens (tertiary/aromatic N) is 1. The first-order valence-electron chi connectivity index (χ1n) is 10.9. The summed E-state index contributed by atoms with van der Waals surface area (Å²) in [6, 6.07) is 4.88. The van der Waals surface area contributed by atoms with Gasteiger partial charge in [-0.3, -0.25) is 4.99 Å². The number of benzene rings is 1. The van der Waals surface area contributed by atoms with Crippen molar-refractivity contribution in [2.75, 3.05) is 0 Å².